The average Bonchev–Trinajstić information content (AvgIpc) is 3.11. The lowest BCUT2D eigenvalue weighted by Gasteiger charge is -2.34. The van der Waals surface area contributed by atoms with Gasteiger partial charge in [-0.05, 0) is 36.1 Å². The molecule has 1 atom stereocenters. The third-order valence-corrected chi connectivity index (χ3v) is 5.54. The van der Waals surface area contributed by atoms with Crippen LogP contribution < -0.4 is 5.32 Å². The molecule has 2 aliphatic heterocycles. The average molecular weight is 300 g/mol. The molecule has 0 bridgehead atoms. The van der Waals surface area contributed by atoms with Crippen LogP contribution in [0.1, 0.15) is 23.9 Å². The summed E-state index contributed by atoms with van der Waals surface area (Å²) in [6, 6.07) is 8.09. The van der Waals surface area contributed by atoms with E-state index in [0.717, 1.165) is 17.7 Å². The maximum Gasteiger partial charge on any atom is 0.255 e. The minimum atomic E-state index is -0.348. The number of rotatable bonds is 1. The molecular formula is C15H12N2OS2. The van der Waals surface area contributed by atoms with E-state index in [1.165, 1.54) is 4.88 Å². The van der Waals surface area contributed by atoms with E-state index in [1.54, 1.807) is 11.3 Å². The minimum Gasteiger partial charge on any atom is -0.342 e. The lowest BCUT2D eigenvalue weighted by atomic mass is 9.84. The van der Waals surface area contributed by atoms with Crippen LogP contribution in [0, 0.1) is 0 Å². The predicted molar refractivity (Wildman–Crippen MR) is 83.8 cm³/mol. The first-order chi connectivity index (χ1) is 9.60. The number of aromatic nitrogens is 1. The molecule has 0 fully saturated rings. The summed E-state index contributed by atoms with van der Waals surface area (Å²) in [6.07, 6.45) is 2.70. The highest BCUT2D eigenvalue weighted by molar-refractivity contribution is 7.81. The Hall–Kier alpha value is -1.72. The van der Waals surface area contributed by atoms with Crippen LogP contribution >= 0.6 is 23.6 Å². The van der Waals surface area contributed by atoms with Crippen LogP contribution in [0.2, 0.25) is 0 Å². The van der Waals surface area contributed by atoms with Gasteiger partial charge in [-0.25, -0.2) is 0 Å². The van der Waals surface area contributed by atoms with E-state index in [2.05, 4.69) is 18.3 Å². The quantitative estimate of drug-likeness (QED) is 0.822. The first-order valence-electron chi connectivity index (χ1n) is 6.42. The molecule has 1 N–H and O–H groups in total. The molecule has 5 heteroatoms. The summed E-state index contributed by atoms with van der Waals surface area (Å²) in [4.78, 5) is 14.3. The monoisotopic (exact) mass is 300 g/mol. The molecule has 0 aromatic carbocycles. The molecule has 0 aliphatic carbocycles. The van der Waals surface area contributed by atoms with Gasteiger partial charge >= 0.3 is 0 Å². The fourth-order valence-electron chi connectivity index (χ4n) is 3.05. The van der Waals surface area contributed by atoms with Crippen molar-refractivity contribution < 1.29 is 4.79 Å². The normalized spacial score (nSPS) is 24.6. The van der Waals surface area contributed by atoms with Gasteiger partial charge in [0.05, 0.1) is 16.8 Å². The fraction of sp³-hybridized carbons (Fsp3) is 0.200. The van der Waals surface area contributed by atoms with Crippen molar-refractivity contribution in [2.24, 2.45) is 0 Å². The molecule has 0 radical (unpaired) electrons. The first kappa shape index (κ1) is 12.1. The Kier molecular flexibility index (Phi) is 2.35. The number of thiocarbonyl (C=S) groups is 1. The highest BCUT2D eigenvalue weighted by atomic mass is 32.1. The number of nitrogens with one attached hydrogen (secondary N) is 1. The molecule has 2 aliphatic rings. The number of thiophene rings is 1. The lowest BCUT2D eigenvalue weighted by molar-refractivity contribution is -0.119. The van der Waals surface area contributed by atoms with Gasteiger partial charge in [0, 0.05) is 17.5 Å². The zero-order valence-electron chi connectivity index (χ0n) is 10.8. The molecule has 0 saturated heterocycles. The largest absolute Gasteiger partial charge is 0.342 e. The van der Waals surface area contributed by atoms with Crippen molar-refractivity contribution in [3.05, 3.63) is 52.0 Å². The second-order valence-corrected chi connectivity index (χ2v) is 6.70. The van der Waals surface area contributed by atoms with Crippen LogP contribution in [0.25, 0.3) is 5.57 Å². The standard InChI is InChI=1S/C15H12N2OS2/c1-15(11-5-3-7-20-11)8-9-10-4-2-6-17(10)14(19)12(9)13(18)16-15/h2-7H,8H2,1H3,(H,16,18). The van der Waals surface area contributed by atoms with Crippen LogP contribution in [-0.2, 0) is 10.3 Å². The predicted octanol–water partition coefficient (Wildman–Crippen LogP) is 2.93. The Morgan fingerprint density at radius 3 is 3.00 bits per heavy atom. The fourth-order valence-corrected chi connectivity index (χ4v) is 4.27. The van der Waals surface area contributed by atoms with E-state index in [0.29, 0.717) is 10.6 Å². The van der Waals surface area contributed by atoms with Gasteiger partial charge in [-0.2, -0.15) is 0 Å². The lowest BCUT2D eigenvalue weighted by Crippen LogP contribution is -2.47. The van der Waals surface area contributed by atoms with E-state index in [4.69, 9.17) is 12.2 Å². The second-order valence-electron chi connectivity index (χ2n) is 5.36. The van der Waals surface area contributed by atoms with Crippen LogP contribution in [-0.4, -0.2) is 15.5 Å². The van der Waals surface area contributed by atoms with Crippen molar-refractivity contribution >= 4 is 40.0 Å². The van der Waals surface area contributed by atoms with E-state index in [9.17, 15) is 4.79 Å². The van der Waals surface area contributed by atoms with Gasteiger partial charge < -0.3 is 9.88 Å². The van der Waals surface area contributed by atoms with Crippen molar-refractivity contribution in [2.75, 3.05) is 0 Å². The zero-order valence-corrected chi connectivity index (χ0v) is 12.5. The van der Waals surface area contributed by atoms with Gasteiger partial charge in [-0.1, -0.05) is 18.3 Å². The van der Waals surface area contributed by atoms with Gasteiger partial charge in [-0.3, -0.25) is 4.79 Å². The number of carbonyl (C=O) groups excluding carboxylic acids is 1. The van der Waals surface area contributed by atoms with Crippen molar-refractivity contribution in [3.8, 4) is 0 Å². The zero-order chi connectivity index (χ0) is 13.9. The third-order valence-electron chi connectivity index (χ3n) is 4.00. The maximum absolute atomic E-state index is 12.5. The van der Waals surface area contributed by atoms with Gasteiger partial charge in [0.1, 0.15) is 4.99 Å². The molecule has 0 spiro atoms. The van der Waals surface area contributed by atoms with E-state index in [1.807, 2.05) is 34.3 Å². The Morgan fingerprint density at radius 2 is 2.25 bits per heavy atom. The summed E-state index contributed by atoms with van der Waals surface area (Å²) in [6.45, 7) is 2.08. The van der Waals surface area contributed by atoms with E-state index >= 15 is 0 Å². The molecule has 2 aromatic heterocycles. The number of carbonyl (C=O) groups is 1. The van der Waals surface area contributed by atoms with Crippen molar-refractivity contribution in [1.82, 2.24) is 9.88 Å². The van der Waals surface area contributed by atoms with E-state index in [-0.39, 0.29) is 11.4 Å². The Bertz CT molecular complexity index is 770. The summed E-state index contributed by atoms with van der Waals surface area (Å²) < 4.78 is 1.93. The summed E-state index contributed by atoms with van der Waals surface area (Å²) in [5, 5.41) is 5.17. The molecule has 20 heavy (non-hydrogen) atoms. The van der Waals surface area contributed by atoms with Crippen LogP contribution in [0.4, 0.5) is 0 Å². The number of hydrogen-bond donors (Lipinski definition) is 1. The summed E-state index contributed by atoms with van der Waals surface area (Å²) in [7, 11) is 0. The minimum absolute atomic E-state index is 0.0594. The number of hydrogen-bond acceptors (Lipinski definition) is 3. The van der Waals surface area contributed by atoms with Crippen molar-refractivity contribution in [2.45, 2.75) is 18.9 Å². The summed E-state index contributed by atoms with van der Waals surface area (Å²) in [5.41, 5.74) is 2.45. The highest BCUT2D eigenvalue weighted by Crippen LogP contribution is 2.43. The maximum atomic E-state index is 12.5. The number of nitrogens with zero attached hydrogens (tertiary/aromatic N) is 1. The topological polar surface area (TPSA) is 34.0 Å². The molecule has 0 saturated carbocycles. The van der Waals surface area contributed by atoms with E-state index < -0.39 is 0 Å². The molecule has 2 aromatic rings. The molecule has 1 amide bonds. The molecule has 4 heterocycles. The van der Waals surface area contributed by atoms with Crippen molar-refractivity contribution in [3.63, 3.8) is 0 Å². The number of fused-ring (bicyclic) bond motifs is 2. The molecular weight excluding hydrogens is 288 g/mol. The molecule has 3 nitrogen and oxygen atoms in total. The van der Waals surface area contributed by atoms with Gasteiger partial charge in [0.25, 0.3) is 5.91 Å². The summed E-state index contributed by atoms with van der Waals surface area (Å²) >= 11 is 7.10. The summed E-state index contributed by atoms with van der Waals surface area (Å²) in [5.74, 6) is -0.0594. The first-order valence-corrected chi connectivity index (χ1v) is 7.71. The van der Waals surface area contributed by atoms with Crippen LogP contribution in [0.3, 0.4) is 0 Å². The molecule has 100 valence electrons. The van der Waals surface area contributed by atoms with Gasteiger partial charge in [-0.15, -0.1) is 11.3 Å². The highest BCUT2D eigenvalue weighted by Gasteiger charge is 2.42. The Labute approximate surface area is 125 Å². The van der Waals surface area contributed by atoms with Gasteiger partial charge in [0.15, 0.2) is 0 Å². The smallest absolute Gasteiger partial charge is 0.255 e. The van der Waals surface area contributed by atoms with Crippen LogP contribution in [0.15, 0.2) is 41.4 Å². The Balaban J connectivity index is 1.87. The second kappa shape index (κ2) is 3.90. The van der Waals surface area contributed by atoms with Crippen molar-refractivity contribution in [1.29, 1.82) is 0 Å². The molecule has 4 rings (SSSR count). The van der Waals surface area contributed by atoms with Gasteiger partial charge in [0.2, 0.25) is 0 Å². The Morgan fingerprint density at radius 1 is 1.40 bits per heavy atom. The SMILES string of the molecule is CC1(c2cccs2)CC2=C(C(=O)N1)C(=S)n1cccc12. The molecule has 1 unspecified atom stereocenters. The third kappa shape index (κ3) is 1.45. The van der Waals surface area contributed by atoms with Crippen LogP contribution in [0.5, 0.6) is 0 Å². The number of amides is 1.